The van der Waals surface area contributed by atoms with Gasteiger partial charge in [0, 0.05) is 29.4 Å². The van der Waals surface area contributed by atoms with E-state index in [1.54, 1.807) is 7.11 Å². The molecule has 122 valence electrons. The standard InChI is InChI=1S/C18H23N3O2/c1-4-12-10-13(5-2)20-18(19-12)21-16-8-9-23-17-11-14(22-3)6-7-15(16)17/h6-7,10-11,16H,4-5,8-9H2,1-3H3,(H,19,20,21). The zero-order valence-electron chi connectivity index (χ0n) is 13.9. The van der Waals surface area contributed by atoms with Gasteiger partial charge in [-0.1, -0.05) is 13.8 Å². The minimum Gasteiger partial charge on any atom is -0.497 e. The summed E-state index contributed by atoms with van der Waals surface area (Å²) in [4.78, 5) is 9.23. The molecule has 0 amide bonds. The Hall–Kier alpha value is -2.30. The summed E-state index contributed by atoms with van der Waals surface area (Å²) in [5.74, 6) is 2.38. The van der Waals surface area contributed by atoms with Crippen molar-refractivity contribution in [1.29, 1.82) is 0 Å². The van der Waals surface area contributed by atoms with Gasteiger partial charge >= 0.3 is 0 Å². The Labute approximate surface area is 137 Å². The first kappa shape index (κ1) is 15.6. The second-order valence-electron chi connectivity index (χ2n) is 5.62. The second kappa shape index (κ2) is 6.86. The number of nitrogens with zero attached hydrogens (tertiary/aromatic N) is 2. The number of fused-ring (bicyclic) bond motifs is 1. The molecular formula is C18H23N3O2. The van der Waals surface area contributed by atoms with Crippen molar-refractivity contribution < 1.29 is 9.47 Å². The summed E-state index contributed by atoms with van der Waals surface area (Å²) < 4.78 is 11.0. The van der Waals surface area contributed by atoms with Crippen LogP contribution in [0.25, 0.3) is 0 Å². The molecule has 1 unspecified atom stereocenters. The highest BCUT2D eigenvalue weighted by Crippen LogP contribution is 2.36. The van der Waals surface area contributed by atoms with Gasteiger partial charge in [0.15, 0.2) is 0 Å². The Morgan fingerprint density at radius 1 is 1.17 bits per heavy atom. The summed E-state index contributed by atoms with van der Waals surface area (Å²) in [5, 5.41) is 3.48. The van der Waals surface area contributed by atoms with Gasteiger partial charge in [0.05, 0.1) is 19.8 Å². The number of aromatic nitrogens is 2. The number of ether oxygens (including phenoxy) is 2. The van der Waals surface area contributed by atoms with Crippen LogP contribution in [0.3, 0.4) is 0 Å². The third kappa shape index (κ3) is 3.38. The highest BCUT2D eigenvalue weighted by atomic mass is 16.5. The third-order valence-corrected chi connectivity index (χ3v) is 4.12. The minimum absolute atomic E-state index is 0.154. The molecule has 0 spiro atoms. The van der Waals surface area contributed by atoms with Gasteiger partial charge in [-0.25, -0.2) is 9.97 Å². The average molecular weight is 313 g/mol. The van der Waals surface area contributed by atoms with E-state index in [1.807, 2.05) is 12.1 Å². The molecule has 3 rings (SSSR count). The molecule has 2 heterocycles. The van der Waals surface area contributed by atoms with Gasteiger partial charge in [-0.15, -0.1) is 0 Å². The van der Waals surface area contributed by atoms with E-state index in [9.17, 15) is 0 Å². The van der Waals surface area contributed by atoms with Crippen LogP contribution in [0.4, 0.5) is 5.95 Å². The number of nitrogens with one attached hydrogen (secondary N) is 1. The lowest BCUT2D eigenvalue weighted by atomic mass is 10.0. The van der Waals surface area contributed by atoms with Crippen molar-refractivity contribution in [2.24, 2.45) is 0 Å². The first-order valence-corrected chi connectivity index (χ1v) is 8.17. The Kier molecular flexibility index (Phi) is 4.65. The summed E-state index contributed by atoms with van der Waals surface area (Å²) in [5.41, 5.74) is 3.27. The van der Waals surface area contributed by atoms with Crippen molar-refractivity contribution >= 4 is 5.95 Å². The number of anilines is 1. The Balaban J connectivity index is 1.87. The molecule has 0 fully saturated rings. The van der Waals surface area contributed by atoms with Gasteiger partial charge in [0.2, 0.25) is 5.95 Å². The highest BCUT2D eigenvalue weighted by Gasteiger charge is 2.23. The molecule has 1 aromatic heterocycles. The Morgan fingerprint density at radius 2 is 1.91 bits per heavy atom. The Morgan fingerprint density at radius 3 is 2.57 bits per heavy atom. The normalized spacial score (nSPS) is 16.4. The number of methoxy groups -OCH3 is 1. The Bertz CT molecular complexity index is 666. The van der Waals surface area contributed by atoms with Crippen LogP contribution in [-0.2, 0) is 12.8 Å². The molecule has 5 heteroatoms. The number of rotatable bonds is 5. The predicted octanol–water partition coefficient (Wildman–Crippen LogP) is 3.55. The molecule has 23 heavy (non-hydrogen) atoms. The molecule has 1 N–H and O–H groups in total. The lowest BCUT2D eigenvalue weighted by Gasteiger charge is -2.27. The predicted molar refractivity (Wildman–Crippen MR) is 90.3 cm³/mol. The van der Waals surface area contributed by atoms with E-state index in [0.29, 0.717) is 12.6 Å². The van der Waals surface area contributed by atoms with Crippen LogP contribution in [0.1, 0.15) is 43.3 Å². The SMILES string of the molecule is CCc1cc(CC)nc(NC2CCOc3cc(OC)ccc32)n1. The summed E-state index contributed by atoms with van der Waals surface area (Å²) in [7, 11) is 1.66. The molecular weight excluding hydrogens is 290 g/mol. The van der Waals surface area contributed by atoms with Gasteiger partial charge in [0.1, 0.15) is 11.5 Å². The van der Waals surface area contributed by atoms with Crippen molar-refractivity contribution in [3.05, 3.63) is 41.2 Å². The molecule has 0 bridgehead atoms. The number of hydrogen-bond donors (Lipinski definition) is 1. The van der Waals surface area contributed by atoms with Crippen LogP contribution in [0.2, 0.25) is 0 Å². The van der Waals surface area contributed by atoms with Crippen molar-refractivity contribution in [3.8, 4) is 11.5 Å². The largest absolute Gasteiger partial charge is 0.497 e. The van der Waals surface area contributed by atoms with Gasteiger partial charge in [0.25, 0.3) is 0 Å². The van der Waals surface area contributed by atoms with Crippen molar-refractivity contribution in [2.75, 3.05) is 19.0 Å². The second-order valence-corrected chi connectivity index (χ2v) is 5.62. The van der Waals surface area contributed by atoms with Crippen molar-refractivity contribution in [1.82, 2.24) is 9.97 Å². The van der Waals surface area contributed by atoms with E-state index in [1.165, 1.54) is 0 Å². The van der Waals surface area contributed by atoms with Crippen LogP contribution in [-0.4, -0.2) is 23.7 Å². The monoisotopic (exact) mass is 313 g/mol. The van der Waals surface area contributed by atoms with E-state index >= 15 is 0 Å². The van der Waals surface area contributed by atoms with E-state index in [-0.39, 0.29) is 6.04 Å². The quantitative estimate of drug-likeness (QED) is 0.915. The van der Waals surface area contributed by atoms with Crippen LogP contribution >= 0.6 is 0 Å². The van der Waals surface area contributed by atoms with Crippen molar-refractivity contribution in [3.63, 3.8) is 0 Å². The fourth-order valence-electron chi connectivity index (χ4n) is 2.78. The third-order valence-electron chi connectivity index (χ3n) is 4.12. The van der Waals surface area contributed by atoms with Gasteiger partial charge in [-0.05, 0) is 31.0 Å². The van der Waals surface area contributed by atoms with Gasteiger partial charge < -0.3 is 14.8 Å². The molecule has 0 saturated heterocycles. The summed E-state index contributed by atoms with van der Waals surface area (Å²) in [6.07, 6.45) is 2.71. The van der Waals surface area contributed by atoms with Crippen LogP contribution in [0.5, 0.6) is 11.5 Å². The highest BCUT2D eigenvalue weighted by molar-refractivity contribution is 5.46. The zero-order valence-corrected chi connectivity index (χ0v) is 13.9. The fraction of sp³-hybridized carbons (Fsp3) is 0.444. The molecule has 1 aliphatic rings. The summed E-state index contributed by atoms with van der Waals surface area (Å²) >= 11 is 0. The molecule has 0 aliphatic carbocycles. The first-order valence-electron chi connectivity index (χ1n) is 8.17. The number of aryl methyl sites for hydroxylation is 2. The molecule has 1 aromatic carbocycles. The van der Waals surface area contributed by atoms with Crippen LogP contribution in [0.15, 0.2) is 24.3 Å². The summed E-state index contributed by atoms with van der Waals surface area (Å²) in [6.45, 7) is 4.90. The maximum absolute atomic E-state index is 5.76. The maximum Gasteiger partial charge on any atom is 0.223 e. The van der Waals surface area contributed by atoms with Crippen LogP contribution in [0, 0.1) is 0 Å². The van der Waals surface area contributed by atoms with E-state index in [2.05, 4.69) is 41.3 Å². The average Bonchev–Trinajstić information content (AvgIpc) is 2.61. The molecule has 0 radical (unpaired) electrons. The van der Waals surface area contributed by atoms with Crippen molar-refractivity contribution in [2.45, 2.75) is 39.2 Å². The summed E-state index contributed by atoms with van der Waals surface area (Å²) in [6, 6.07) is 8.18. The van der Waals surface area contributed by atoms with Gasteiger partial charge in [-0.2, -0.15) is 0 Å². The minimum atomic E-state index is 0.154. The lowest BCUT2D eigenvalue weighted by Crippen LogP contribution is -2.21. The smallest absolute Gasteiger partial charge is 0.223 e. The molecule has 0 saturated carbocycles. The number of benzene rings is 1. The molecule has 2 aromatic rings. The lowest BCUT2D eigenvalue weighted by molar-refractivity contribution is 0.272. The molecule has 1 atom stereocenters. The zero-order chi connectivity index (χ0) is 16.2. The van der Waals surface area contributed by atoms with E-state index in [4.69, 9.17) is 9.47 Å². The first-order chi connectivity index (χ1) is 11.2. The van der Waals surface area contributed by atoms with E-state index < -0.39 is 0 Å². The van der Waals surface area contributed by atoms with Gasteiger partial charge in [-0.3, -0.25) is 0 Å². The fourth-order valence-corrected chi connectivity index (χ4v) is 2.78. The van der Waals surface area contributed by atoms with E-state index in [0.717, 1.165) is 47.7 Å². The van der Waals surface area contributed by atoms with Crippen LogP contribution < -0.4 is 14.8 Å². The topological polar surface area (TPSA) is 56.3 Å². The molecule has 5 nitrogen and oxygen atoms in total. The molecule has 1 aliphatic heterocycles. The number of hydrogen-bond acceptors (Lipinski definition) is 5. The maximum atomic E-state index is 5.76.